The van der Waals surface area contributed by atoms with Crippen LogP contribution in [0, 0.1) is 5.82 Å². The van der Waals surface area contributed by atoms with Crippen LogP contribution in [0.4, 0.5) is 9.18 Å². The first-order valence-corrected chi connectivity index (χ1v) is 6.62. The summed E-state index contributed by atoms with van der Waals surface area (Å²) >= 11 is 5.88. The lowest BCUT2D eigenvalue weighted by molar-refractivity contribution is -0.139. The van der Waals surface area contributed by atoms with Gasteiger partial charge in [0, 0.05) is 11.4 Å². The number of ether oxygens (including phenoxy) is 1. The maximum absolute atomic E-state index is 13.2. The number of nitrogens with one attached hydrogen (secondary N) is 1. The molecule has 1 rings (SSSR count). The van der Waals surface area contributed by atoms with Crippen LogP contribution in [-0.2, 0) is 16.0 Å². The first-order valence-electron chi connectivity index (χ1n) is 6.25. The second-order valence-electron chi connectivity index (χ2n) is 5.48. The molecule has 1 amide bonds. The molecule has 0 unspecified atom stereocenters. The summed E-state index contributed by atoms with van der Waals surface area (Å²) in [6.45, 7) is 4.98. The molecule has 0 heterocycles. The van der Waals surface area contributed by atoms with Gasteiger partial charge in [-0.05, 0) is 44.5 Å². The van der Waals surface area contributed by atoms with Crippen molar-refractivity contribution >= 4 is 23.7 Å². The molecule has 0 aliphatic carbocycles. The molecule has 0 saturated carbocycles. The highest BCUT2D eigenvalue weighted by molar-refractivity contribution is 6.31. The molecule has 0 spiro atoms. The molecule has 5 nitrogen and oxygen atoms in total. The number of alkyl carbamates (subject to hydrolysis) is 1. The Morgan fingerprint density at radius 2 is 2.05 bits per heavy atom. The summed E-state index contributed by atoms with van der Waals surface area (Å²) in [7, 11) is 0. The Morgan fingerprint density at radius 3 is 2.57 bits per heavy atom. The van der Waals surface area contributed by atoms with Crippen LogP contribution in [0.15, 0.2) is 18.2 Å². The minimum Gasteiger partial charge on any atom is -0.480 e. The van der Waals surface area contributed by atoms with E-state index in [2.05, 4.69) is 5.32 Å². The number of aliphatic carboxylic acids is 1. The molecule has 0 aliphatic rings. The third-order valence-electron chi connectivity index (χ3n) is 2.42. The van der Waals surface area contributed by atoms with Crippen molar-refractivity contribution in [1.82, 2.24) is 5.32 Å². The van der Waals surface area contributed by atoms with Crippen molar-refractivity contribution in [1.29, 1.82) is 0 Å². The average molecular weight is 318 g/mol. The average Bonchev–Trinajstić information content (AvgIpc) is 2.30. The molecule has 1 aromatic carbocycles. The fraction of sp³-hybridized carbons (Fsp3) is 0.429. The Bertz CT molecular complexity index is 542. The van der Waals surface area contributed by atoms with E-state index in [0.717, 1.165) is 6.07 Å². The van der Waals surface area contributed by atoms with Crippen LogP contribution in [0.3, 0.4) is 0 Å². The molecule has 0 aliphatic heterocycles. The molecule has 2 N–H and O–H groups in total. The predicted molar refractivity (Wildman–Crippen MR) is 75.9 cm³/mol. The molecule has 0 aromatic heterocycles. The summed E-state index contributed by atoms with van der Waals surface area (Å²) in [4.78, 5) is 22.8. The van der Waals surface area contributed by atoms with Gasteiger partial charge in [0.25, 0.3) is 0 Å². The normalized spacial score (nSPS) is 12.6. The van der Waals surface area contributed by atoms with Crippen molar-refractivity contribution in [3.8, 4) is 0 Å². The second-order valence-corrected chi connectivity index (χ2v) is 5.88. The number of carboxylic acid groups (broad SMARTS) is 1. The van der Waals surface area contributed by atoms with Gasteiger partial charge < -0.3 is 15.2 Å². The molecule has 0 bridgehead atoms. The van der Waals surface area contributed by atoms with E-state index in [1.54, 1.807) is 20.8 Å². The number of halogens is 2. The quantitative estimate of drug-likeness (QED) is 0.895. The van der Waals surface area contributed by atoms with Crippen LogP contribution in [0.1, 0.15) is 26.3 Å². The molecule has 0 radical (unpaired) electrons. The summed E-state index contributed by atoms with van der Waals surface area (Å²) in [5.41, 5.74) is -0.455. The Kier molecular flexibility index (Phi) is 5.54. The number of carboxylic acids is 1. The molecule has 1 aromatic rings. The maximum Gasteiger partial charge on any atom is 0.408 e. The molecular weight excluding hydrogens is 301 g/mol. The highest BCUT2D eigenvalue weighted by atomic mass is 35.5. The highest BCUT2D eigenvalue weighted by Crippen LogP contribution is 2.19. The zero-order chi connectivity index (χ0) is 16.2. The minimum atomic E-state index is -1.26. The van der Waals surface area contributed by atoms with Crippen LogP contribution in [0.5, 0.6) is 0 Å². The predicted octanol–water partition coefficient (Wildman–Crippen LogP) is 3.00. The summed E-state index contributed by atoms with van der Waals surface area (Å²) in [6, 6.07) is 2.37. The molecule has 0 saturated heterocycles. The van der Waals surface area contributed by atoms with Gasteiger partial charge in [0.1, 0.15) is 17.5 Å². The van der Waals surface area contributed by atoms with Crippen molar-refractivity contribution in [2.45, 2.75) is 38.8 Å². The Hall–Kier alpha value is -1.82. The van der Waals surface area contributed by atoms with Gasteiger partial charge in [0.2, 0.25) is 0 Å². The minimum absolute atomic E-state index is 0.148. The second kappa shape index (κ2) is 6.76. The van der Waals surface area contributed by atoms with E-state index in [1.807, 2.05) is 0 Å². The number of rotatable bonds is 4. The highest BCUT2D eigenvalue weighted by Gasteiger charge is 2.25. The van der Waals surface area contributed by atoms with Gasteiger partial charge >= 0.3 is 12.1 Å². The lowest BCUT2D eigenvalue weighted by atomic mass is 10.1. The Balaban J connectivity index is 2.81. The van der Waals surface area contributed by atoms with Gasteiger partial charge in [-0.1, -0.05) is 11.6 Å². The van der Waals surface area contributed by atoms with E-state index < -0.39 is 29.5 Å². The van der Waals surface area contributed by atoms with Crippen LogP contribution < -0.4 is 5.32 Å². The summed E-state index contributed by atoms with van der Waals surface area (Å²) in [5.74, 6) is -1.79. The zero-order valence-corrected chi connectivity index (χ0v) is 12.7. The molecular formula is C14H17ClFNO4. The van der Waals surface area contributed by atoms with Crippen molar-refractivity contribution in [3.05, 3.63) is 34.6 Å². The van der Waals surface area contributed by atoms with Crippen LogP contribution in [-0.4, -0.2) is 28.8 Å². The Labute approximate surface area is 127 Å². The van der Waals surface area contributed by atoms with Gasteiger partial charge in [-0.3, -0.25) is 0 Å². The number of hydrogen-bond donors (Lipinski definition) is 2. The van der Waals surface area contributed by atoms with Crippen molar-refractivity contribution in [3.63, 3.8) is 0 Å². The number of carbonyl (C=O) groups is 2. The van der Waals surface area contributed by atoms with E-state index in [-0.39, 0.29) is 11.4 Å². The zero-order valence-electron chi connectivity index (χ0n) is 11.9. The largest absolute Gasteiger partial charge is 0.480 e. The van der Waals surface area contributed by atoms with E-state index in [9.17, 15) is 14.0 Å². The molecule has 1 atom stereocenters. The number of carbonyl (C=O) groups excluding carboxylic acids is 1. The molecule has 0 fully saturated rings. The third kappa shape index (κ3) is 5.99. The molecule has 21 heavy (non-hydrogen) atoms. The number of amides is 1. The Morgan fingerprint density at radius 1 is 1.43 bits per heavy atom. The first-order chi connectivity index (χ1) is 9.58. The van der Waals surface area contributed by atoms with E-state index in [0.29, 0.717) is 5.56 Å². The topological polar surface area (TPSA) is 75.6 Å². The number of benzene rings is 1. The van der Waals surface area contributed by atoms with E-state index in [1.165, 1.54) is 12.1 Å². The lowest BCUT2D eigenvalue weighted by Crippen LogP contribution is -2.44. The smallest absolute Gasteiger partial charge is 0.408 e. The van der Waals surface area contributed by atoms with Crippen molar-refractivity contribution < 1.29 is 23.8 Å². The summed E-state index contributed by atoms with van der Waals surface area (Å²) in [5, 5.41) is 11.6. The van der Waals surface area contributed by atoms with Crippen LogP contribution in [0.2, 0.25) is 5.02 Å². The van der Waals surface area contributed by atoms with Gasteiger partial charge in [-0.2, -0.15) is 0 Å². The van der Waals surface area contributed by atoms with E-state index in [4.69, 9.17) is 21.4 Å². The van der Waals surface area contributed by atoms with Crippen LogP contribution in [0.25, 0.3) is 0 Å². The summed E-state index contributed by atoms with van der Waals surface area (Å²) in [6.07, 6.45) is -1.01. The fourth-order valence-electron chi connectivity index (χ4n) is 1.57. The fourth-order valence-corrected chi connectivity index (χ4v) is 1.76. The maximum atomic E-state index is 13.2. The molecule has 116 valence electrons. The summed E-state index contributed by atoms with van der Waals surface area (Å²) < 4.78 is 18.2. The van der Waals surface area contributed by atoms with Gasteiger partial charge in [0.15, 0.2) is 0 Å². The van der Waals surface area contributed by atoms with Gasteiger partial charge in [0.05, 0.1) is 0 Å². The van der Waals surface area contributed by atoms with Crippen molar-refractivity contribution in [2.75, 3.05) is 0 Å². The van der Waals surface area contributed by atoms with E-state index >= 15 is 0 Å². The standard InChI is InChI=1S/C14H17ClFNO4/c1-14(2,3)21-13(20)17-11(12(18)19)7-8-6-9(16)4-5-10(8)15/h4-6,11H,7H2,1-3H3,(H,17,20)(H,18,19)/t11-/m1/s1. The molecule has 7 heteroatoms. The third-order valence-corrected chi connectivity index (χ3v) is 2.79. The van der Waals surface area contributed by atoms with Gasteiger partial charge in [-0.15, -0.1) is 0 Å². The van der Waals surface area contributed by atoms with Crippen molar-refractivity contribution in [2.24, 2.45) is 0 Å². The lowest BCUT2D eigenvalue weighted by Gasteiger charge is -2.22. The number of hydrogen-bond acceptors (Lipinski definition) is 3. The van der Waals surface area contributed by atoms with Gasteiger partial charge in [-0.25, -0.2) is 14.0 Å². The SMILES string of the molecule is CC(C)(C)OC(=O)N[C@H](Cc1cc(F)ccc1Cl)C(=O)O. The monoisotopic (exact) mass is 317 g/mol. The van der Waals surface area contributed by atoms with Crippen LogP contribution >= 0.6 is 11.6 Å². The first kappa shape index (κ1) is 17.2.